The lowest BCUT2D eigenvalue weighted by Crippen LogP contribution is -1.92. The lowest BCUT2D eigenvalue weighted by molar-refractivity contribution is 0.00477. The number of hydrogen-bond acceptors (Lipinski definition) is 0. The second kappa shape index (κ2) is 5.53. The molecule has 108 valence electrons. The number of fused-ring (bicyclic) bond motifs is 2. The van der Waals surface area contributed by atoms with Crippen LogP contribution in [0.4, 0.5) is 0 Å². The highest BCUT2D eigenvalue weighted by molar-refractivity contribution is 6.20. The van der Waals surface area contributed by atoms with Crippen LogP contribution in [0.5, 0.6) is 0 Å². The molecule has 0 spiro atoms. The van der Waals surface area contributed by atoms with Gasteiger partial charge < -0.3 is 5.53 Å². The Morgan fingerprint density at radius 1 is 0.609 bits per heavy atom. The summed E-state index contributed by atoms with van der Waals surface area (Å²) < 4.78 is 0. The van der Waals surface area contributed by atoms with Crippen molar-refractivity contribution in [2.45, 2.75) is 0 Å². The van der Waals surface area contributed by atoms with Crippen LogP contribution in [0, 0.1) is 0 Å². The molecule has 0 aromatic heterocycles. The molecule has 4 rings (SSSR count). The van der Waals surface area contributed by atoms with Gasteiger partial charge in [0.15, 0.2) is 0 Å². The molecule has 0 aliphatic rings. The van der Waals surface area contributed by atoms with Gasteiger partial charge in [0, 0.05) is 0 Å². The lowest BCUT2D eigenvalue weighted by Gasteiger charge is -2.13. The summed E-state index contributed by atoms with van der Waals surface area (Å²) in [5.41, 5.74) is 12.4. The van der Waals surface area contributed by atoms with Crippen LogP contribution < -0.4 is 0 Å². The average Bonchev–Trinajstić information content (AvgIpc) is 2.62. The summed E-state index contributed by atoms with van der Waals surface area (Å²) in [6.45, 7) is 0. The molecule has 0 unspecified atom stereocenters. The Labute approximate surface area is 134 Å². The predicted molar refractivity (Wildman–Crippen MR) is 95.7 cm³/mol. The second-order valence-electron chi connectivity index (χ2n) is 5.49. The molecule has 0 radical (unpaired) electrons. The van der Waals surface area contributed by atoms with E-state index >= 15 is 0 Å². The molecule has 0 amide bonds. The maximum absolute atomic E-state index is 9.09. The van der Waals surface area contributed by atoms with Crippen LogP contribution in [0.3, 0.4) is 0 Å². The zero-order valence-corrected chi connectivity index (χ0v) is 12.5. The van der Waals surface area contributed by atoms with Crippen molar-refractivity contribution in [3.63, 3.8) is 0 Å². The van der Waals surface area contributed by atoms with Crippen molar-refractivity contribution >= 4 is 27.8 Å². The first-order valence-electron chi connectivity index (χ1n) is 7.56. The van der Waals surface area contributed by atoms with E-state index in [9.17, 15) is 0 Å². The summed E-state index contributed by atoms with van der Waals surface area (Å²) in [4.78, 5) is 3.28. The monoisotopic (exact) mass is 294 g/mol. The molecule has 2 nitrogen and oxygen atoms in total. The molecular weight excluding hydrogens is 280 g/mol. The van der Waals surface area contributed by atoms with Crippen LogP contribution in [-0.4, -0.2) is 11.0 Å². The van der Waals surface area contributed by atoms with Gasteiger partial charge in [-0.05, 0) is 32.7 Å². The zero-order valence-electron chi connectivity index (χ0n) is 12.5. The van der Waals surface area contributed by atoms with Gasteiger partial charge in [0.2, 0.25) is 0 Å². The molecule has 0 fully saturated rings. The minimum absolute atomic E-state index is 0.943. The summed E-state index contributed by atoms with van der Waals surface area (Å²) in [7, 11) is 0. The molecular formula is C21H14N2. The van der Waals surface area contributed by atoms with Crippen molar-refractivity contribution in [1.29, 1.82) is 0 Å². The standard InChI is InChI=1S/C21H14N2/c22-23-14-20-16-10-4-6-12-18(16)21(15-8-2-1-3-9-15)19-13-7-5-11-17(19)20/h1-14H. The van der Waals surface area contributed by atoms with Crippen molar-refractivity contribution in [2.75, 3.05) is 0 Å². The van der Waals surface area contributed by atoms with Gasteiger partial charge in [-0.25, -0.2) is 0 Å². The van der Waals surface area contributed by atoms with Gasteiger partial charge in [0.25, 0.3) is 6.21 Å². The Balaban J connectivity index is 2.29. The lowest BCUT2D eigenvalue weighted by atomic mass is 9.89. The van der Waals surface area contributed by atoms with Crippen LogP contribution in [0.25, 0.3) is 38.2 Å². The Kier molecular flexibility index (Phi) is 3.23. The normalized spacial score (nSPS) is 10.6. The topological polar surface area (TPSA) is 36.4 Å². The Hall–Kier alpha value is -3.22. The Bertz CT molecular complexity index is 1000. The number of hydrogen-bond donors (Lipinski definition) is 0. The molecule has 4 aromatic rings. The van der Waals surface area contributed by atoms with Crippen molar-refractivity contribution in [2.24, 2.45) is 0 Å². The highest BCUT2D eigenvalue weighted by atomic mass is 14.8. The molecule has 0 saturated carbocycles. The number of rotatable bonds is 2. The van der Waals surface area contributed by atoms with E-state index < -0.39 is 0 Å². The van der Waals surface area contributed by atoms with E-state index in [0.29, 0.717) is 0 Å². The maximum Gasteiger partial charge on any atom is 0.288 e. The van der Waals surface area contributed by atoms with Crippen LogP contribution >= 0.6 is 0 Å². The first-order chi connectivity index (χ1) is 11.4. The smallest absolute Gasteiger partial charge is 0.288 e. The molecule has 0 heterocycles. The first kappa shape index (κ1) is 13.4. The van der Waals surface area contributed by atoms with Gasteiger partial charge in [-0.15, -0.1) is 0 Å². The Morgan fingerprint density at radius 2 is 1.09 bits per heavy atom. The molecule has 23 heavy (non-hydrogen) atoms. The molecule has 0 aliphatic heterocycles. The third-order valence-corrected chi connectivity index (χ3v) is 4.22. The van der Waals surface area contributed by atoms with Crippen molar-refractivity contribution in [3.05, 3.63) is 90.0 Å². The van der Waals surface area contributed by atoms with E-state index in [4.69, 9.17) is 5.53 Å². The van der Waals surface area contributed by atoms with E-state index in [1.165, 1.54) is 17.3 Å². The highest BCUT2D eigenvalue weighted by Crippen LogP contribution is 2.38. The van der Waals surface area contributed by atoms with E-state index in [2.05, 4.69) is 53.3 Å². The molecule has 0 aliphatic carbocycles. The van der Waals surface area contributed by atoms with E-state index in [-0.39, 0.29) is 0 Å². The number of nitrogens with zero attached hydrogens (tertiary/aromatic N) is 2. The quantitative estimate of drug-likeness (QED) is 0.208. The highest BCUT2D eigenvalue weighted by Gasteiger charge is 2.15. The SMILES string of the molecule is [N-]=[N+]=Cc1c2ccccc2c(-c2ccccc2)c2ccccc12. The third kappa shape index (κ3) is 2.13. The van der Waals surface area contributed by atoms with Crippen molar-refractivity contribution < 1.29 is 4.79 Å². The minimum atomic E-state index is 0.943. The average molecular weight is 294 g/mol. The van der Waals surface area contributed by atoms with Gasteiger partial charge in [-0.2, -0.15) is 4.79 Å². The predicted octanol–water partition coefficient (Wildman–Crippen LogP) is 5.31. The van der Waals surface area contributed by atoms with Crippen LogP contribution in [0.2, 0.25) is 0 Å². The van der Waals surface area contributed by atoms with Crippen LogP contribution in [0.1, 0.15) is 5.56 Å². The minimum Gasteiger partial charge on any atom is -0.361 e. The summed E-state index contributed by atoms with van der Waals surface area (Å²) in [5, 5.41) is 4.49. The summed E-state index contributed by atoms with van der Waals surface area (Å²) >= 11 is 0. The number of benzene rings is 4. The van der Waals surface area contributed by atoms with Gasteiger partial charge in [0.05, 0.1) is 5.56 Å². The largest absolute Gasteiger partial charge is 0.361 e. The maximum atomic E-state index is 9.09. The van der Waals surface area contributed by atoms with Crippen molar-refractivity contribution in [3.8, 4) is 11.1 Å². The van der Waals surface area contributed by atoms with Crippen molar-refractivity contribution in [1.82, 2.24) is 0 Å². The van der Waals surface area contributed by atoms with Gasteiger partial charge in [-0.3, -0.25) is 0 Å². The van der Waals surface area contributed by atoms with Crippen LogP contribution in [0.15, 0.2) is 78.9 Å². The fourth-order valence-corrected chi connectivity index (χ4v) is 3.27. The van der Waals surface area contributed by atoms with Gasteiger partial charge >= 0.3 is 0 Å². The fourth-order valence-electron chi connectivity index (χ4n) is 3.27. The molecule has 0 atom stereocenters. The summed E-state index contributed by atoms with van der Waals surface area (Å²) in [6.07, 6.45) is 1.53. The second-order valence-corrected chi connectivity index (χ2v) is 5.49. The van der Waals surface area contributed by atoms with E-state index in [1.54, 1.807) is 0 Å². The molecule has 2 heteroatoms. The van der Waals surface area contributed by atoms with E-state index in [1.807, 2.05) is 30.3 Å². The first-order valence-corrected chi connectivity index (χ1v) is 7.56. The summed E-state index contributed by atoms with van der Waals surface area (Å²) in [5.74, 6) is 0. The molecule has 0 saturated heterocycles. The molecule has 0 bridgehead atoms. The fraction of sp³-hybridized carbons (Fsp3) is 0. The Morgan fingerprint density at radius 3 is 1.61 bits per heavy atom. The summed E-state index contributed by atoms with van der Waals surface area (Å²) in [6, 6.07) is 26.9. The van der Waals surface area contributed by atoms with Gasteiger partial charge in [-0.1, -0.05) is 78.9 Å². The van der Waals surface area contributed by atoms with Crippen LogP contribution in [-0.2, 0) is 0 Å². The molecule has 0 N–H and O–H groups in total. The zero-order chi connectivity index (χ0) is 15.6. The van der Waals surface area contributed by atoms with E-state index in [0.717, 1.165) is 27.1 Å². The third-order valence-electron chi connectivity index (χ3n) is 4.22. The van der Waals surface area contributed by atoms with Gasteiger partial charge in [0.1, 0.15) is 0 Å². The molecule has 4 aromatic carbocycles.